The first-order valence-corrected chi connectivity index (χ1v) is 11.6. The summed E-state index contributed by atoms with van der Waals surface area (Å²) < 4.78 is 5.42. The third-order valence-electron chi connectivity index (χ3n) is 7.37. The zero-order valence-corrected chi connectivity index (χ0v) is 18.7. The largest absolute Gasteiger partial charge is 0.388 e. The van der Waals surface area contributed by atoms with E-state index in [1.165, 1.54) is 5.56 Å². The van der Waals surface area contributed by atoms with Crippen molar-refractivity contribution in [2.45, 2.75) is 37.1 Å². The van der Waals surface area contributed by atoms with Crippen LogP contribution in [0.25, 0.3) is 0 Å². The summed E-state index contributed by atoms with van der Waals surface area (Å²) in [6.45, 7) is 4.04. The van der Waals surface area contributed by atoms with Gasteiger partial charge in [-0.1, -0.05) is 42.2 Å². The number of ether oxygens (including phenoxy) is 1. The van der Waals surface area contributed by atoms with Crippen LogP contribution in [0.5, 0.6) is 0 Å². The molecule has 6 rings (SSSR count). The van der Waals surface area contributed by atoms with Gasteiger partial charge in [0, 0.05) is 43.9 Å². The second kappa shape index (κ2) is 8.88. The van der Waals surface area contributed by atoms with Crippen molar-refractivity contribution in [2.75, 3.05) is 44.7 Å². The van der Waals surface area contributed by atoms with Gasteiger partial charge >= 0.3 is 0 Å². The van der Waals surface area contributed by atoms with E-state index in [4.69, 9.17) is 4.74 Å². The van der Waals surface area contributed by atoms with E-state index in [2.05, 4.69) is 64.1 Å². The highest BCUT2D eigenvalue weighted by molar-refractivity contribution is 5.57. The van der Waals surface area contributed by atoms with Crippen LogP contribution in [0, 0.1) is 17.8 Å². The second-order valence-electron chi connectivity index (χ2n) is 9.47. The molecule has 0 radical (unpaired) electrons. The molecule has 4 aliphatic heterocycles. The average molecular weight is 433 g/mol. The summed E-state index contributed by atoms with van der Waals surface area (Å²) in [5.74, 6) is 6.90. The van der Waals surface area contributed by atoms with E-state index in [9.17, 15) is 10.2 Å². The van der Waals surface area contributed by atoms with Crippen LogP contribution in [0.15, 0.2) is 48.5 Å². The predicted octanol–water partition coefficient (Wildman–Crippen LogP) is 2.28. The summed E-state index contributed by atoms with van der Waals surface area (Å²) in [6.07, 6.45) is 2.18. The van der Waals surface area contributed by atoms with Gasteiger partial charge in [0.1, 0.15) is 11.7 Å². The fourth-order valence-electron chi connectivity index (χ4n) is 5.42. The van der Waals surface area contributed by atoms with Crippen LogP contribution >= 0.6 is 0 Å². The molecule has 4 saturated heterocycles. The maximum Gasteiger partial charge on any atom is 0.141 e. The van der Waals surface area contributed by atoms with E-state index >= 15 is 0 Å². The lowest BCUT2D eigenvalue weighted by molar-refractivity contribution is -0.0713. The topological polar surface area (TPSA) is 56.2 Å². The van der Waals surface area contributed by atoms with Crippen LogP contribution in [-0.2, 0) is 11.2 Å². The van der Waals surface area contributed by atoms with Crippen LogP contribution in [0.4, 0.5) is 5.69 Å². The van der Waals surface area contributed by atoms with Crippen LogP contribution < -0.4 is 4.90 Å². The van der Waals surface area contributed by atoms with Gasteiger partial charge in [-0.15, -0.1) is 0 Å². The van der Waals surface area contributed by atoms with Gasteiger partial charge in [0.25, 0.3) is 0 Å². The molecule has 2 aromatic rings. The Kier molecular flexibility index (Phi) is 5.96. The first-order valence-electron chi connectivity index (χ1n) is 11.6. The summed E-state index contributed by atoms with van der Waals surface area (Å²) in [5.41, 5.74) is 3.49. The molecular weight excluding hydrogens is 400 g/mol. The molecule has 0 spiro atoms. The van der Waals surface area contributed by atoms with Gasteiger partial charge in [-0.2, -0.15) is 0 Å². The van der Waals surface area contributed by atoms with Crippen molar-refractivity contribution < 1.29 is 14.9 Å². The summed E-state index contributed by atoms with van der Waals surface area (Å²) in [5, 5.41) is 21.5. The number of nitrogens with zero attached hydrogens (tertiary/aromatic N) is 2. The summed E-state index contributed by atoms with van der Waals surface area (Å²) >= 11 is 0. The van der Waals surface area contributed by atoms with Gasteiger partial charge in [0.05, 0.1) is 6.10 Å². The molecule has 5 heteroatoms. The lowest BCUT2D eigenvalue weighted by Gasteiger charge is -2.47. The number of rotatable bonds is 4. The minimum absolute atomic E-state index is 0.169. The van der Waals surface area contributed by atoms with Crippen molar-refractivity contribution in [3.8, 4) is 11.8 Å². The molecule has 3 atom stereocenters. The first-order chi connectivity index (χ1) is 15.5. The van der Waals surface area contributed by atoms with Gasteiger partial charge in [0.2, 0.25) is 0 Å². The molecule has 32 heavy (non-hydrogen) atoms. The number of anilines is 1. The number of aliphatic hydroxyl groups is 2. The highest BCUT2D eigenvalue weighted by Gasteiger charge is 2.44. The predicted molar refractivity (Wildman–Crippen MR) is 126 cm³/mol. The quantitative estimate of drug-likeness (QED) is 0.726. The highest BCUT2D eigenvalue weighted by Crippen LogP contribution is 2.35. The number of hydrogen-bond donors (Lipinski definition) is 2. The maximum atomic E-state index is 11.3. The van der Waals surface area contributed by atoms with E-state index in [-0.39, 0.29) is 12.0 Å². The molecule has 4 fully saturated rings. The number of hydrogen-bond acceptors (Lipinski definition) is 5. The van der Waals surface area contributed by atoms with Crippen LogP contribution in [0.1, 0.15) is 29.5 Å². The lowest BCUT2D eigenvalue weighted by Crippen LogP contribution is -2.58. The number of piperidine rings is 3. The molecule has 4 aliphatic rings. The Hall–Kier alpha value is -2.36. The molecule has 0 aromatic heterocycles. The Morgan fingerprint density at radius 2 is 1.88 bits per heavy atom. The second-order valence-corrected chi connectivity index (χ2v) is 9.47. The van der Waals surface area contributed by atoms with Crippen LogP contribution in [0.3, 0.4) is 0 Å². The van der Waals surface area contributed by atoms with Crippen molar-refractivity contribution in [3.63, 3.8) is 0 Å². The molecule has 0 saturated carbocycles. The standard InChI is InChI=1S/C27H32N2O3/c1-32-26-18-29(17-25(26)30)24-8-7-21(22(16-24)15-20-5-3-2-4-6-20)9-12-27(31)19-28-13-10-23(27)11-14-28/h2-8,16,23,25-26,30-31H,10-11,13-15,17-19H2,1H3/t25-,26-,27-/m1/s1. The highest BCUT2D eigenvalue weighted by atomic mass is 16.5. The normalized spacial score (nSPS) is 31.4. The van der Waals surface area contributed by atoms with Gasteiger partial charge < -0.3 is 19.8 Å². The summed E-state index contributed by atoms with van der Waals surface area (Å²) in [4.78, 5) is 4.50. The van der Waals surface area contributed by atoms with E-state index in [1.54, 1.807) is 7.11 Å². The molecular formula is C27H32N2O3. The SMILES string of the molecule is CO[C@@H]1CN(c2ccc(C#C[C@@]3(O)CN4CCC3CC4)c(Cc3ccccc3)c2)C[C@H]1O. The molecule has 0 amide bonds. The number of β-amino-alcohol motifs (C(OH)–C–C–N with tert-alkyl or cyclic N) is 1. The zero-order valence-electron chi connectivity index (χ0n) is 18.7. The van der Waals surface area contributed by atoms with Crippen molar-refractivity contribution in [3.05, 3.63) is 65.2 Å². The molecule has 5 nitrogen and oxygen atoms in total. The average Bonchev–Trinajstić information content (AvgIpc) is 3.20. The summed E-state index contributed by atoms with van der Waals surface area (Å²) in [7, 11) is 1.65. The molecule has 0 aliphatic carbocycles. The van der Waals surface area contributed by atoms with E-state index in [1.807, 2.05) is 6.07 Å². The Balaban J connectivity index is 1.46. The Labute approximate surface area is 190 Å². The fourth-order valence-corrected chi connectivity index (χ4v) is 5.42. The number of fused-ring (bicyclic) bond motifs is 3. The first kappa shape index (κ1) is 21.5. The van der Waals surface area contributed by atoms with E-state index in [0.717, 1.165) is 49.2 Å². The van der Waals surface area contributed by atoms with Gasteiger partial charge in [-0.3, -0.25) is 4.90 Å². The fraction of sp³-hybridized carbons (Fsp3) is 0.481. The van der Waals surface area contributed by atoms with Crippen molar-refractivity contribution in [2.24, 2.45) is 5.92 Å². The smallest absolute Gasteiger partial charge is 0.141 e. The molecule has 4 heterocycles. The Morgan fingerprint density at radius 1 is 1.09 bits per heavy atom. The number of aliphatic hydroxyl groups excluding tert-OH is 1. The van der Waals surface area contributed by atoms with Crippen molar-refractivity contribution in [1.82, 2.24) is 4.90 Å². The van der Waals surface area contributed by atoms with Gasteiger partial charge in [-0.05, 0) is 61.7 Å². The monoisotopic (exact) mass is 432 g/mol. The maximum absolute atomic E-state index is 11.3. The molecule has 2 aromatic carbocycles. The van der Waals surface area contributed by atoms with Gasteiger partial charge in [0.15, 0.2) is 0 Å². The Bertz CT molecular complexity index is 1010. The minimum atomic E-state index is -0.913. The molecule has 2 N–H and O–H groups in total. The molecule has 2 bridgehead atoms. The molecule has 0 unspecified atom stereocenters. The van der Waals surface area contributed by atoms with Gasteiger partial charge in [-0.25, -0.2) is 0 Å². The van der Waals surface area contributed by atoms with Crippen LogP contribution in [-0.4, -0.2) is 72.8 Å². The van der Waals surface area contributed by atoms with Crippen molar-refractivity contribution in [1.29, 1.82) is 0 Å². The van der Waals surface area contributed by atoms with Crippen molar-refractivity contribution >= 4 is 5.69 Å². The third-order valence-corrected chi connectivity index (χ3v) is 7.37. The Morgan fingerprint density at radius 3 is 2.53 bits per heavy atom. The van der Waals surface area contributed by atoms with E-state index in [0.29, 0.717) is 19.6 Å². The third kappa shape index (κ3) is 4.29. The summed E-state index contributed by atoms with van der Waals surface area (Å²) in [6, 6.07) is 16.7. The lowest BCUT2D eigenvalue weighted by atomic mass is 9.75. The van der Waals surface area contributed by atoms with E-state index < -0.39 is 11.7 Å². The number of benzene rings is 2. The zero-order chi connectivity index (χ0) is 22.1. The number of methoxy groups -OCH3 is 1. The van der Waals surface area contributed by atoms with Crippen LogP contribution in [0.2, 0.25) is 0 Å². The minimum Gasteiger partial charge on any atom is -0.388 e. The molecule has 168 valence electrons.